The second-order valence-electron chi connectivity index (χ2n) is 7.11. The van der Waals surface area contributed by atoms with Crippen LogP contribution in [0.25, 0.3) is 0 Å². The molecule has 0 radical (unpaired) electrons. The van der Waals surface area contributed by atoms with Gasteiger partial charge >= 0.3 is 0 Å². The molecule has 2 heteroatoms. The number of likely N-dealkylation sites (tertiary alicyclic amines) is 1. The van der Waals surface area contributed by atoms with E-state index in [1.165, 1.54) is 64.6 Å². The quantitative estimate of drug-likeness (QED) is 0.756. The first-order chi connectivity index (χ1) is 9.22. The Balaban J connectivity index is 1.85. The van der Waals surface area contributed by atoms with Crippen molar-refractivity contribution >= 4 is 0 Å². The number of nitrogens with one attached hydrogen (secondary N) is 1. The maximum absolute atomic E-state index is 3.68. The van der Waals surface area contributed by atoms with E-state index in [1.54, 1.807) is 0 Å². The summed E-state index contributed by atoms with van der Waals surface area (Å²) in [7, 11) is 0. The molecule has 2 nitrogen and oxygen atoms in total. The minimum Gasteiger partial charge on any atom is -0.315 e. The minimum atomic E-state index is 0.765. The van der Waals surface area contributed by atoms with E-state index in [9.17, 15) is 0 Å². The third kappa shape index (κ3) is 4.19. The van der Waals surface area contributed by atoms with Gasteiger partial charge in [-0.15, -0.1) is 0 Å². The van der Waals surface area contributed by atoms with Crippen LogP contribution in [0.1, 0.15) is 65.7 Å². The Kier molecular flexibility index (Phi) is 6.15. The summed E-state index contributed by atoms with van der Waals surface area (Å²) in [5, 5.41) is 3.68. The Morgan fingerprint density at radius 3 is 2.42 bits per heavy atom. The number of hydrogen-bond donors (Lipinski definition) is 1. The average Bonchev–Trinajstić information content (AvgIpc) is 3.03. The molecule has 0 aromatic heterocycles. The van der Waals surface area contributed by atoms with Gasteiger partial charge in [0.15, 0.2) is 0 Å². The molecule has 0 bridgehead atoms. The van der Waals surface area contributed by atoms with Crippen LogP contribution in [0, 0.1) is 11.8 Å². The molecule has 1 saturated heterocycles. The predicted octanol–water partition coefficient (Wildman–Crippen LogP) is 3.67. The Labute approximate surface area is 120 Å². The van der Waals surface area contributed by atoms with E-state index >= 15 is 0 Å². The van der Waals surface area contributed by atoms with Crippen LogP contribution in [0.4, 0.5) is 0 Å². The second-order valence-corrected chi connectivity index (χ2v) is 7.11. The molecule has 112 valence electrons. The Morgan fingerprint density at radius 1 is 1.05 bits per heavy atom. The molecule has 1 heterocycles. The van der Waals surface area contributed by atoms with Crippen molar-refractivity contribution in [1.29, 1.82) is 0 Å². The zero-order chi connectivity index (χ0) is 13.7. The summed E-state index contributed by atoms with van der Waals surface area (Å²) < 4.78 is 0. The predicted molar refractivity (Wildman–Crippen MR) is 83.5 cm³/mol. The molecule has 1 saturated carbocycles. The first-order valence-electron chi connectivity index (χ1n) is 8.68. The molecule has 0 amide bonds. The second kappa shape index (κ2) is 7.64. The summed E-state index contributed by atoms with van der Waals surface area (Å²) >= 11 is 0. The molecule has 19 heavy (non-hydrogen) atoms. The van der Waals surface area contributed by atoms with Crippen molar-refractivity contribution in [1.82, 2.24) is 10.2 Å². The zero-order valence-corrected chi connectivity index (χ0v) is 13.3. The van der Waals surface area contributed by atoms with Crippen molar-refractivity contribution in [2.24, 2.45) is 11.8 Å². The molecular weight excluding hydrogens is 232 g/mol. The minimum absolute atomic E-state index is 0.765. The molecule has 2 aliphatic rings. The molecule has 0 aromatic rings. The van der Waals surface area contributed by atoms with Crippen LogP contribution < -0.4 is 5.32 Å². The average molecular weight is 266 g/mol. The zero-order valence-electron chi connectivity index (χ0n) is 13.3. The van der Waals surface area contributed by atoms with Crippen LogP contribution in [0.2, 0.25) is 0 Å². The Hall–Kier alpha value is -0.0800. The summed E-state index contributed by atoms with van der Waals surface area (Å²) in [5.74, 6) is 1.78. The molecule has 2 atom stereocenters. The van der Waals surface area contributed by atoms with Gasteiger partial charge in [-0.05, 0) is 57.0 Å². The summed E-state index contributed by atoms with van der Waals surface area (Å²) in [6.07, 6.45) is 10.2. The Morgan fingerprint density at radius 2 is 1.79 bits per heavy atom. The van der Waals surface area contributed by atoms with Crippen molar-refractivity contribution < 1.29 is 0 Å². The smallest absolute Gasteiger partial charge is 0.0221 e. The van der Waals surface area contributed by atoms with Crippen molar-refractivity contribution in [3.63, 3.8) is 0 Å². The van der Waals surface area contributed by atoms with Crippen LogP contribution in [0.5, 0.6) is 0 Å². The van der Waals surface area contributed by atoms with Gasteiger partial charge in [-0.2, -0.15) is 0 Å². The fraction of sp³-hybridized carbons (Fsp3) is 1.00. The maximum atomic E-state index is 3.68. The van der Waals surface area contributed by atoms with Gasteiger partial charge in [0.05, 0.1) is 0 Å². The highest BCUT2D eigenvalue weighted by Gasteiger charge is 2.35. The third-order valence-corrected chi connectivity index (χ3v) is 5.16. The van der Waals surface area contributed by atoms with Crippen LogP contribution in [-0.2, 0) is 0 Å². The summed E-state index contributed by atoms with van der Waals surface area (Å²) in [6, 6.07) is 1.68. The standard InChI is InChI=1S/C17H34N2/c1-4-16(13-18-12-14(2)3)19-11-7-10-17(19)15-8-5-6-9-15/h14-18H,4-13H2,1-3H3. The van der Waals surface area contributed by atoms with Gasteiger partial charge in [-0.3, -0.25) is 4.90 Å². The highest BCUT2D eigenvalue weighted by molar-refractivity contribution is 4.91. The SMILES string of the molecule is CCC(CNCC(C)C)N1CCCC1C1CCCC1. The lowest BCUT2D eigenvalue weighted by molar-refractivity contribution is 0.128. The van der Waals surface area contributed by atoms with E-state index in [4.69, 9.17) is 0 Å². The van der Waals surface area contributed by atoms with E-state index in [-0.39, 0.29) is 0 Å². The van der Waals surface area contributed by atoms with Crippen LogP contribution in [0.3, 0.4) is 0 Å². The third-order valence-electron chi connectivity index (χ3n) is 5.16. The topological polar surface area (TPSA) is 15.3 Å². The van der Waals surface area contributed by atoms with Crippen LogP contribution in [-0.4, -0.2) is 36.6 Å². The summed E-state index contributed by atoms with van der Waals surface area (Å²) in [4.78, 5) is 2.86. The van der Waals surface area contributed by atoms with Gasteiger partial charge in [0.2, 0.25) is 0 Å². The monoisotopic (exact) mass is 266 g/mol. The normalized spacial score (nSPS) is 27.5. The van der Waals surface area contributed by atoms with E-state index in [0.29, 0.717) is 0 Å². The molecule has 1 aliphatic heterocycles. The number of rotatable bonds is 7. The molecule has 0 spiro atoms. The molecule has 1 aliphatic carbocycles. The number of nitrogens with zero attached hydrogens (tertiary/aromatic N) is 1. The van der Waals surface area contributed by atoms with Crippen molar-refractivity contribution in [2.45, 2.75) is 77.8 Å². The first-order valence-corrected chi connectivity index (χ1v) is 8.68. The molecule has 2 rings (SSSR count). The van der Waals surface area contributed by atoms with Gasteiger partial charge in [0, 0.05) is 18.6 Å². The fourth-order valence-corrected chi connectivity index (χ4v) is 4.15. The number of hydrogen-bond acceptors (Lipinski definition) is 2. The molecule has 2 unspecified atom stereocenters. The highest BCUT2D eigenvalue weighted by Crippen LogP contribution is 2.36. The lowest BCUT2D eigenvalue weighted by Crippen LogP contribution is -2.47. The highest BCUT2D eigenvalue weighted by atomic mass is 15.2. The van der Waals surface area contributed by atoms with Gasteiger partial charge < -0.3 is 5.32 Å². The molecule has 2 fully saturated rings. The van der Waals surface area contributed by atoms with Gasteiger partial charge in [-0.1, -0.05) is 33.6 Å². The van der Waals surface area contributed by atoms with E-state index in [0.717, 1.165) is 23.9 Å². The van der Waals surface area contributed by atoms with Gasteiger partial charge in [-0.25, -0.2) is 0 Å². The van der Waals surface area contributed by atoms with Crippen molar-refractivity contribution in [3.8, 4) is 0 Å². The summed E-state index contributed by atoms with van der Waals surface area (Å²) in [5.41, 5.74) is 0. The van der Waals surface area contributed by atoms with Gasteiger partial charge in [0.25, 0.3) is 0 Å². The van der Waals surface area contributed by atoms with E-state index in [2.05, 4.69) is 31.0 Å². The molecule has 0 aromatic carbocycles. The fourth-order valence-electron chi connectivity index (χ4n) is 4.15. The molecule has 1 N–H and O–H groups in total. The van der Waals surface area contributed by atoms with Crippen molar-refractivity contribution in [3.05, 3.63) is 0 Å². The largest absolute Gasteiger partial charge is 0.315 e. The van der Waals surface area contributed by atoms with Crippen LogP contribution in [0.15, 0.2) is 0 Å². The lowest BCUT2D eigenvalue weighted by Gasteiger charge is -2.36. The molecular formula is C17H34N2. The van der Waals surface area contributed by atoms with E-state index in [1.807, 2.05) is 0 Å². The first kappa shape index (κ1) is 15.3. The van der Waals surface area contributed by atoms with Crippen molar-refractivity contribution in [2.75, 3.05) is 19.6 Å². The van der Waals surface area contributed by atoms with E-state index < -0.39 is 0 Å². The van der Waals surface area contributed by atoms with Crippen LogP contribution >= 0.6 is 0 Å². The lowest BCUT2D eigenvalue weighted by atomic mass is 9.95. The maximum Gasteiger partial charge on any atom is 0.0221 e. The van der Waals surface area contributed by atoms with Gasteiger partial charge in [0.1, 0.15) is 0 Å². The Bertz CT molecular complexity index is 246. The summed E-state index contributed by atoms with van der Waals surface area (Å²) in [6.45, 7) is 10.7.